The number of carbonyl (C=O) groups excluding carboxylic acids is 1. The molecule has 2 heterocycles. The highest BCUT2D eigenvalue weighted by molar-refractivity contribution is 5.79. The van der Waals surface area contributed by atoms with Gasteiger partial charge in [0.15, 0.2) is 0 Å². The van der Waals surface area contributed by atoms with E-state index in [1.54, 1.807) is 12.4 Å². The molecular weight excluding hydrogens is 154 g/mol. The van der Waals surface area contributed by atoms with Gasteiger partial charge >= 0.3 is 0 Å². The topological polar surface area (TPSA) is 54.9 Å². The summed E-state index contributed by atoms with van der Waals surface area (Å²) in [5, 5.41) is 2.77. The van der Waals surface area contributed by atoms with E-state index in [-0.39, 0.29) is 11.8 Å². The highest BCUT2D eigenvalue weighted by atomic mass is 16.1. The van der Waals surface area contributed by atoms with Crippen molar-refractivity contribution in [1.82, 2.24) is 15.3 Å². The Labute approximate surface area is 70.0 Å². The van der Waals surface area contributed by atoms with Crippen LogP contribution < -0.4 is 5.32 Å². The Morgan fingerprint density at radius 1 is 1.42 bits per heavy atom. The molecule has 1 aliphatic rings. The zero-order chi connectivity index (χ0) is 8.39. The molecule has 0 spiro atoms. The minimum atomic E-state index is 0.115. The highest BCUT2D eigenvalue weighted by Crippen LogP contribution is 2.20. The van der Waals surface area contributed by atoms with Crippen molar-refractivity contribution in [1.29, 1.82) is 0 Å². The molecule has 1 amide bonds. The van der Waals surface area contributed by atoms with Crippen molar-refractivity contribution in [3.63, 3.8) is 0 Å². The monoisotopic (exact) mass is 163 g/mol. The lowest BCUT2D eigenvalue weighted by Crippen LogP contribution is -2.13. The number of amides is 1. The number of nitrogens with zero attached hydrogens (tertiary/aromatic N) is 2. The maximum atomic E-state index is 10.9. The van der Waals surface area contributed by atoms with Crippen LogP contribution in [0.1, 0.15) is 17.9 Å². The average Bonchev–Trinajstić information content (AvgIpc) is 2.54. The van der Waals surface area contributed by atoms with Gasteiger partial charge in [0.2, 0.25) is 5.91 Å². The molecule has 0 bridgehead atoms. The van der Waals surface area contributed by atoms with E-state index in [0.29, 0.717) is 13.0 Å². The van der Waals surface area contributed by atoms with Crippen LogP contribution in [0.2, 0.25) is 0 Å². The van der Waals surface area contributed by atoms with Crippen LogP contribution in [0.15, 0.2) is 18.7 Å². The molecule has 0 aliphatic carbocycles. The van der Waals surface area contributed by atoms with E-state index in [4.69, 9.17) is 0 Å². The second-order valence-corrected chi connectivity index (χ2v) is 2.88. The van der Waals surface area contributed by atoms with Gasteiger partial charge in [-0.3, -0.25) is 4.79 Å². The SMILES string of the molecule is O=C1CC(c2cncnc2)CN1. The predicted octanol–water partition coefficient (Wildman–Crippen LogP) is 0.0801. The van der Waals surface area contributed by atoms with Crippen LogP contribution in [0.5, 0.6) is 0 Å². The summed E-state index contributed by atoms with van der Waals surface area (Å²) in [5.74, 6) is 0.377. The van der Waals surface area contributed by atoms with Crippen molar-refractivity contribution in [2.75, 3.05) is 6.54 Å². The van der Waals surface area contributed by atoms with Gasteiger partial charge in [0.1, 0.15) is 6.33 Å². The highest BCUT2D eigenvalue weighted by Gasteiger charge is 2.22. The smallest absolute Gasteiger partial charge is 0.220 e. The summed E-state index contributed by atoms with van der Waals surface area (Å²) in [7, 11) is 0. The Morgan fingerprint density at radius 3 is 2.75 bits per heavy atom. The van der Waals surface area contributed by atoms with Crippen LogP contribution in [0, 0.1) is 0 Å². The van der Waals surface area contributed by atoms with Gasteiger partial charge in [0, 0.05) is 31.3 Å². The molecule has 1 saturated heterocycles. The Kier molecular flexibility index (Phi) is 1.74. The van der Waals surface area contributed by atoms with Crippen LogP contribution in [0.25, 0.3) is 0 Å². The van der Waals surface area contributed by atoms with E-state index in [2.05, 4.69) is 15.3 Å². The predicted molar refractivity (Wildman–Crippen MR) is 42.4 cm³/mol. The molecule has 1 unspecified atom stereocenters. The molecule has 12 heavy (non-hydrogen) atoms. The molecule has 0 aromatic carbocycles. The zero-order valence-corrected chi connectivity index (χ0v) is 6.53. The summed E-state index contributed by atoms with van der Waals surface area (Å²) in [5.41, 5.74) is 1.04. The Morgan fingerprint density at radius 2 is 2.17 bits per heavy atom. The van der Waals surface area contributed by atoms with Gasteiger partial charge in [-0.05, 0) is 5.56 Å². The standard InChI is InChI=1S/C8H9N3O/c12-8-1-6(4-11-8)7-2-9-5-10-3-7/h2-3,5-6H,1,4H2,(H,11,12). The zero-order valence-electron chi connectivity index (χ0n) is 6.53. The molecule has 0 radical (unpaired) electrons. The number of hydrogen-bond donors (Lipinski definition) is 1. The summed E-state index contributed by atoms with van der Waals surface area (Å²) in [6.07, 6.45) is 5.58. The molecule has 1 fully saturated rings. The van der Waals surface area contributed by atoms with Gasteiger partial charge in [0.05, 0.1) is 0 Å². The third-order valence-electron chi connectivity index (χ3n) is 2.03. The van der Waals surface area contributed by atoms with E-state index >= 15 is 0 Å². The molecule has 0 saturated carbocycles. The third kappa shape index (κ3) is 1.28. The molecule has 4 heteroatoms. The molecule has 1 aromatic heterocycles. The van der Waals surface area contributed by atoms with Gasteiger partial charge in [0.25, 0.3) is 0 Å². The summed E-state index contributed by atoms with van der Waals surface area (Å²) in [6, 6.07) is 0. The van der Waals surface area contributed by atoms with Crippen molar-refractivity contribution in [3.05, 3.63) is 24.3 Å². The first-order valence-electron chi connectivity index (χ1n) is 3.88. The quantitative estimate of drug-likeness (QED) is 0.637. The summed E-state index contributed by atoms with van der Waals surface area (Å²) >= 11 is 0. The van der Waals surface area contributed by atoms with Crippen LogP contribution in [0.4, 0.5) is 0 Å². The molecule has 2 rings (SSSR count). The maximum Gasteiger partial charge on any atom is 0.220 e. The van der Waals surface area contributed by atoms with Gasteiger partial charge in [-0.1, -0.05) is 0 Å². The van der Waals surface area contributed by atoms with Crippen molar-refractivity contribution in [2.45, 2.75) is 12.3 Å². The molecule has 1 aromatic rings. The van der Waals surface area contributed by atoms with Crippen molar-refractivity contribution in [2.24, 2.45) is 0 Å². The Balaban J connectivity index is 2.16. The Bertz CT molecular complexity index is 286. The van der Waals surface area contributed by atoms with Gasteiger partial charge < -0.3 is 5.32 Å². The number of rotatable bonds is 1. The lowest BCUT2D eigenvalue weighted by molar-refractivity contribution is -0.119. The molecule has 4 nitrogen and oxygen atoms in total. The van der Waals surface area contributed by atoms with Crippen LogP contribution >= 0.6 is 0 Å². The average molecular weight is 163 g/mol. The molecule has 1 atom stereocenters. The normalized spacial score (nSPS) is 22.3. The molecular formula is C8H9N3O. The Hall–Kier alpha value is -1.45. The number of carbonyl (C=O) groups is 1. The van der Waals surface area contributed by atoms with Gasteiger partial charge in [-0.15, -0.1) is 0 Å². The second kappa shape index (κ2) is 2.89. The number of aromatic nitrogens is 2. The fourth-order valence-corrected chi connectivity index (χ4v) is 1.36. The first kappa shape index (κ1) is 7.21. The second-order valence-electron chi connectivity index (χ2n) is 2.88. The number of nitrogens with one attached hydrogen (secondary N) is 1. The van der Waals surface area contributed by atoms with E-state index < -0.39 is 0 Å². The fourth-order valence-electron chi connectivity index (χ4n) is 1.36. The fraction of sp³-hybridized carbons (Fsp3) is 0.375. The lowest BCUT2D eigenvalue weighted by atomic mass is 10.0. The first-order chi connectivity index (χ1) is 5.86. The van der Waals surface area contributed by atoms with E-state index in [0.717, 1.165) is 5.56 Å². The van der Waals surface area contributed by atoms with Gasteiger partial charge in [-0.25, -0.2) is 9.97 Å². The van der Waals surface area contributed by atoms with Crippen LogP contribution in [0.3, 0.4) is 0 Å². The largest absolute Gasteiger partial charge is 0.355 e. The van der Waals surface area contributed by atoms with Gasteiger partial charge in [-0.2, -0.15) is 0 Å². The molecule has 62 valence electrons. The van der Waals surface area contributed by atoms with E-state index in [1.165, 1.54) is 6.33 Å². The van der Waals surface area contributed by atoms with E-state index in [1.807, 2.05) is 0 Å². The maximum absolute atomic E-state index is 10.9. The van der Waals surface area contributed by atoms with Crippen LogP contribution in [-0.4, -0.2) is 22.4 Å². The first-order valence-corrected chi connectivity index (χ1v) is 3.88. The lowest BCUT2D eigenvalue weighted by Gasteiger charge is -2.04. The molecule has 1 aliphatic heterocycles. The van der Waals surface area contributed by atoms with Crippen molar-refractivity contribution < 1.29 is 4.79 Å². The van der Waals surface area contributed by atoms with Crippen molar-refractivity contribution >= 4 is 5.91 Å². The third-order valence-corrected chi connectivity index (χ3v) is 2.03. The minimum absolute atomic E-state index is 0.115. The van der Waals surface area contributed by atoms with Crippen molar-refractivity contribution in [3.8, 4) is 0 Å². The summed E-state index contributed by atoms with van der Waals surface area (Å²) in [4.78, 5) is 18.7. The molecule has 1 N–H and O–H groups in total. The minimum Gasteiger partial charge on any atom is -0.355 e. The summed E-state index contributed by atoms with van der Waals surface area (Å²) < 4.78 is 0. The van der Waals surface area contributed by atoms with E-state index in [9.17, 15) is 4.79 Å². The summed E-state index contributed by atoms with van der Waals surface area (Å²) in [6.45, 7) is 0.714. The van der Waals surface area contributed by atoms with Crippen LogP contribution in [-0.2, 0) is 4.79 Å². The number of hydrogen-bond acceptors (Lipinski definition) is 3.